The Morgan fingerprint density at radius 2 is 2.00 bits per heavy atom. The molecule has 1 aromatic carbocycles. The lowest BCUT2D eigenvalue weighted by atomic mass is 9.58. The summed E-state index contributed by atoms with van der Waals surface area (Å²) < 4.78 is 4.68. The number of rotatable bonds is 1. The van der Waals surface area contributed by atoms with Crippen molar-refractivity contribution in [2.75, 3.05) is 7.11 Å². The quantitative estimate of drug-likeness (QED) is 0.526. The Balaban J connectivity index is 1.63. The second-order valence-corrected chi connectivity index (χ2v) is 7.08. The lowest BCUT2D eigenvalue weighted by Crippen LogP contribution is -2.33. The van der Waals surface area contributed by atoms with E-state index >= 15 is 0 Å². The average molecular weight is 329 g/mol. The molecule has 23 heavy (non-hydrogen) atoms. The summed E-state index contributed by atoms with van der Waals surface area (Å²) in [5, 5.41) is 0.376. The summed E-state index contributed by atoms with van der Waals surface area (Å²) in [7, 11) is 1.34. The largest absolute Gasteiger partial charge is 0.465 e. The molecular weight excluding hydrogens is 308 g/mol. The number of hydrogen-bond acceptors (Lipinski definition) is 2. The van der Waals surface area contributed by atoms with Crippen LogP contribution in [-0.2, 0) is 4.74 Å². The minimum atomic E-state index is -0.427. The Morgan fingerprint density at radius 1 is 1.26 bits per heavy atom. The van der Waals surface area contributed by atoms with Crippen LogP contribution in [0.5, 0.6) is 0 Å². The van der Waals surface area contributed by atoms with Crippen LogP contribution in [0.3, 0.4) is 0 Å². The second-order valence-electron chi connectivity index (χ2n) is 6.67. The number of ether oxygens (including phenoxy) is 1. The molecule has 3 heteroatoms. The zero-order valence-electron chi connectivity index (χ0n) is 13.5. The van der Waals surface area contributed by atoms with Crippen LogP contribution in [0.2, 0.25) is 5.02 Å². The first kappa shape index (κ1) is 16.1. The third-order valence-electron chi connectivity index (χ3n) is 4.99. The zero-order valence-corrected chi connectivity index (χ0v) is 14.2. The number of carbonyl (C=O) groups is 1. The molecule has 2 fully saturated rings. The van der Waals surface area contributed by atoms with E-state index in [0.29, 0.717) is 16.0 Å². The molecule has 0 bridgehead atoms. The van der Waals surface area contributed by atoms with Crippen LogP contribution >= 0.6 is 11.6 Å². The van der Waals surface area contributed by atoms with Gasteiger partial charge in [0.2, 0.25) is 0 Å². The standard InChI is InChI=1S/C20H21ClO2/c1-23-19(22)17-9-8-15(12-18(17)21)6-5-7-16-13-20(14-16)10-3-2-4-11-20/h7-9,12H,2-4,10-11,13-14H2,1H3. The van der Waals surface area contributed by atoms with E-state index in [-0.39, 0.29) is 0 Å². The molecule has 0 radical (unpaired) electrons. The van der Waals surface area contributed by atoms with Crippen molar-refractivity contribution >= 4 is 17.6 Å². The van der Waals surface area contributed by atoms with Gasteiger partial charge in [-0.05, 0) is 55.4 Å². The molecule has 3 rings (SSSR count). The van der Waals surface area contributed by atoms with Crippen molar-refractivity contribution in [3.05, 3.63) is 46.0 Å². The van der Waals surface area contributed by atoms with Crippen LogP contribution in [0.1, 0.15) is 60.9 Å². The van der Waals surface area contributed by atoms with E-state index < -0.39 is 5.97 Å². The Morgan fingerprint density at radius 3 is 2.65 bits per heavy atom. The average Bonchev–Trinajstić information content (AvgIpc) is 2.53. The van der Waals surface area contributed by atoms with E-state index in [9.17, 15) is 4.79 Å². The SMILES string of the molecule is COC(=O)c1ccc(C#CC=C2CC3(CCCCC3)C2)cc1Cl. The van der Waals surface area contributed by atoms with Gasteiger partial charge < -0.3 is 4.74 Å². The predicted octanol–water partition coefficient (Wildman–Crippen LogP) is 5.15. The summed E-state index contributed by atoms with van der Waals surface area (Å²) in [5.74, 6) is 5.80. The van der Waals surface area contributed by atoms with E-state index in [1.807, 2.05) is 0 Å². The van der Waals surface area contributed by atoms with Crippen molar-refractivity contribution in [3.8, 4) is 11.8 Å². The van der Waals surface area contributed by atoms with Crippen LogP contribution in [-0.4, -0.2) is 13.1 Å². The lowest BCUT2D eigenvalue weighted by molar-refractivity contribution is 0.0601. The highest BCUT2D eigenvalue weighted by Gasteiger charge is 2.40. The summed E-state index contributed by atoms with van der Waals surface area (Å²) >= 11 is 6.10. The monoisotopic (exact) mass is 328 g/mol. The normalized spacial score (nSPS) is 18.6. The van der Waals surface area contributed by atoms with Gasteiger partial charge in [-0.15, -0.1) is 0 Å². The third-order valence-corrected chi connectivity index (χ3v) is 5.30. The topological polar surface area (TPSA) is 26.3 Å². The van der Waals surface area contributed by atoms with Crippen molar-refractivity contribution in [1.82, 2.24) is 0 Å². The van der Waals surface area contributed by atoms with Gasteiger partial charge in [0.25, 0.3) is 0 Å². The van der Waals surface area contributed by atoms with Crippen LogP contribution in [0, 0.1) is 17.3 Å². The van der Waals surface area contributed by atoms with Gasteiger partial charge in [0.1, 0.15) is 0 Å². The van der Waals surface area contributed by atoms with Crippen molar-refractivity contribution in [2.45, 2.75) is 44.9 Å². The van der Waals surface area contributed by atoms with Crippen molar-refractivity contribution in [3.63, 3.8) is 0 Å². The maximum absolute atomic E-state index is 11.5. The molecule has 2 aliphatic carbocycles. The molecular formula is C20H21ClO2. The fraction of sp³-hybridized carbons (Fsp3) is 0.450. The molecule has 0 aliphatic heterocycles. The Bertz CT molecular complexity index is 690. The highest BCUT2D eigenvalue weighted by atomic mass is 35.5. The molecule has 0 atom stereocenters. The summed E-state index contributed by atoms with van der Waals surface area (Å²) in [6.07, 6.45) is 11.5. The van der Waals surface area contributed by atoms with Gasteiger partial charge in [-0.3, -0.25) is 0 Å². The van der Waals surface area contributed by atoms with Crippen molar-refractivity contribution < 1.29 is 9.53 Å². The lowest BCUT2D eigenvalue weighted by Gasteiger charge is -2.46. The molecule has 1 aromatic rings. The van der Waals surface area contributed by atoms with Gasteiger partial charge in [0, 0.05) is 5.56 Å². The molecule has 2 aliphatic rings. The minimum Gasteiger partial charge on any atom is -0.465 e. The minimum absolute atomic E-state index is 0.372. The van der Waals surface area contributed by atoms with Gasteiger partial charge in [0.05, 0.1) is 17.7 Å². The number of allylic oxidation sites excluding steroid dienone is 2. The molecule has 0 saturated heterocycles. The molecule has 2 saturated carbocycles. The first-order chi connectivity index (χ1) is 11.1. The van der Waals surface area contributed by atoms with E-state index in [1.165, 1.54) is 57.6 Å². The van der Waals surface area contributed by atoms with E-state index in [1.54, 1.807) is 18.2 Å². The number of hydrogen-bond donors (Lipinski definition) is 0. The highest BCUT2D eigenvalue weighted by Crippen LogP contribution is 2.54. The maximum Gasteiger partial charge on any atom is 0.339 e. The summed E-state index contributed by atoms with van der Waals surface area (Å²) in [6, 6.07) is 5.17. The molecule has 0 N–H and O–H groups in total. The molecule has 0 heterocycles. The molecule has 1 spiro atoms. The number of methoxy groups -OCH3 is 1. The Kier molecular flexibility index (Phi) is 4.78. The van der Waals surface area contributed by atoms with Crippen molar-refractivity contribution in [2.24, 2.45) is 5.41 Å². The highest BCUT2D eigenvalue weighted by molar-refractivity contribution is 6.33. The van der Waals surface area contributed by atoms with E-state index in [0.717, 1.165) is 5.56 Å². The van der Waals surface area contributed by atoms with Crippen molar-refractivity contribution in [1.29, 1.82) is 0 Å². The molecule has 2 nitrogen and oxygen atoms in total. The van der Waals surface area contributed by atoms with Crippen LogP contribution in [0.15, 0.2) is 29.8 Å². The molecule has 0 amide bonds. The van der Waals surface area contributed by atoms with Crippen LogP contribution < -0.4 is 0 Å². The fourth-order valence-corrected chi connectivity index (χ4v) is 4.02. The number of benzene rings is 1. The Labute approximate surface area is 142 Å². The van der Waals surface area contributed by atoms with Gasteiger partial charge in [-0.2, -0.15) is 0 Å². The number of halogens is 1. The van der Waals surface area contributed by atoms with Gasteiger partial charge in [0.15, 0.2) is 0 Å². The third kappa shape index (κ3) is 3.62. The first-order valence-electron chi connectivity index (χ1n) is 8.19. The van der Waals surface area contributed by atoms with Gasteiger partial charge in [-0.1, -0.05) is 48.3 Å². The van der Waals surface area contributed by atoms with E-state index in [2.05, 4.69) is 22.7 Å². The predicted molar refractivity (Wildman–Crippen MR) is 92.5 cm³/mol. The van der Waals surface area contributed by atoms with Crippen LogP contribution in [0.4, 0.5) is 0 Å². The second kappa shape index (κ2) is 6.81. The Hall–Kier alpha value is -1.72. The smallest absolute Gasteiger partial charge is 0.339 e. The summed E-state index contributed by atoms with van der Waals surface area (Å²) in [6.45, 7) is 0. The summed E-state index contributed by atoms with van der Waals surface area (Å²) in [4.78, 5) is 11.5. The van der Waals surface area contributed by atoms with E-state index in [4.69, 9.17) is 11.6 Å². The summed E-state index contributed by atoms with van der Waals surface area (Å²) in [5.41, 5.74) is 3.26. The van der Waals surface area contributed by atoms with Gasteiger partial charge >= 0.3 is 5.97 Å². The first-order valence-corrected chi connectivity index (χ1v) is 8.57. The fourth-order valence-electron chi connectivity index (χ4n) is 3.76. The number of carbonyl (C=O) groups excluding carboxylic acids is 1. The number of esters is 1. The van der Waals surface area contributed by atoms with Gasteiger partial charge in [-0.25, -0.2) is 4.79 Å². The molecule has 0 aromatic heterocycles. The molecule has 0 unspecified atom stereocenters. The van der Waals surface area contributed by atoms with Crippen LogP contribution in [0.25, 0.3) is 0 Å². The maximum atomic E-state index is 11.5. The molecule has 120 valence electrons. The zero-order chi connectivity index (χ0) is 16.3.